The molecule has 0 unspecified atom stereocenters. The zero-order chi connectivity index (χ0) is 25.7. The van der Waals surface area contributed by atoms with Crippen molar-refractivity contribution in [3.8, 4) is 0 Å². The third-order valence-electron chi connectivity index (χ3n) is 5.72. The summed E-state index contributed by atoms with van der Waals surface area (Å²) in [6.07, 6.45) is 0. The molecule has 1 saturated heterocycles. The van der Waals surface area contributed by atoms with Gasteiger partial charge in [-0.05, 0) is 49.4 Å². The Labute approximate surface area is 215 Å². The number of carbonyl (C=O) groups is 2. The minimum atomic E-state index is -4.09. The van der Waals surface area contributed by atoms with Crippen molar-refractivity contribution >= 4 is 44.8 Å². The van der Waals surface area contributed by atoms with Gasteiger partial charge in [-0.15, -0.1) is 0 Å². The number of nitrogens with zero attached hydrogens (tertiary/aromatic N) is 2. The van der Waals surface area contributed by atoms with Crippen molar-refractivity contribution in [3.05, 3.63) is 88.9 Å². The SMILES string of the molecule is Cc1ccc(S(=O)(=O)N(CC(=O)Nc2ccccc2C(=O)N2CCOCC2)c2cccc(Cl)c2)cc1. The summed E-state index contributed by atoms with van der Waals surface area (Å²) in [4.78, 5) is 27.9. The summed E-state index contributed by atoms with van der Waals surface area (Å²) >= 11 is 6.13. The molecule has 2 amide bonds. The van der Waals surface area contributed by atoms with E-state index in [1.54, 1.807) is 59.5 Å². The van der Waals surface area contributed by atoms with Gasteiger partial charge in [-0.25, -0.2) is 8.42 Å². The van der Waals surface area contributed by atoms with Gasteiger partial charge in [0.1, 0.15) is 6.54 Å². The van der Waals surface area contributed by atoms with Gasteiger partial charge in [0.25, 0.3) is 15.9 Å². The summed E-state index contributed by atoms with van der Waals surface area (Å²) in [5.74, 6) is -0.832. The number of hydrogen-bond acceptors (Lipinski definition) is 5. The van der Waals surface area contributed by atoms with Crippen molar-refractivity contribution in [2.45, 2.75) is 11.8 Å². The van der Waals surface area contributed by atoms with Crippen LogP contribution in [0.1, 0.15) is 15.9 Å². The molecule has 1 heterocycles. The van der Waals surface area contributed by atoms with Crippen LogP contribution in [0.25, 0.3) is 0 Å². The largest absolute Gasteiger partial charge is 0.378 e. The molecule has 0 aromatic heterocycles. The van der Waals surface area contributed by atoms with Crippen LogP contribution in [0.3, 0.4) is 0 Å². The molecule has 0 radical (unpaired) electrons. The molecule has 8 nitrogen and oxygen atoms in total. The number of para-hydroxylation sites is 1. The van der Waals surface area contributed by atoms with Crippen LogP contribution in [0.4, 0.5) is 11.4 Å². The van der Waals surface area contributed by atoms with E-state index in [9.17, 15) is 18.0 Å². The third kappa shape index (κ3) is 5.87. The number of anilines is 2. The van der Waals surface area contributed by atoms with Gasteiger partial charge in [-0.2, -0.15) is 0 Å². The van der Waals surface area contributed by atoms with Gasteiger partial charge in [-0.3, -0.25) is 13.9 Å². The Hall–Kier alpha value is -3.40. The fourth-order valence-electron chi connectivity index (χ4n) is 3.82. The molecule has 36 heavy (non-hydrogen) atoms. The number of hydrogen-bond donors (Lipinski definition) is 1. The molecule has 1 aliphatic rings. The lowest BCUT2D eigenvalue weighted by Gasteiger charge is -2.28. The van der Waals surface area contributed by atoms with E-state index in [-0.39, 0.29) is 16.5 Å². The lowest BCUT2D eigenvalue weighted by Crippen LogP contribution is -2.41. The molecule has 0 atom stereocenters. The number of aryl methyl sites for hydroxylation is 1. The molecule has 3 aromatic carbocycles. The maximum absolute atomic E-state index is 13.6. The van der Waals surface area contributed by atoms with Crippen LogP contribution >= 0.6 is 11.6 Å². The highest BCUT2D eigenvalue weighted by molar-refractivity contribution is 7.92. The van der Waals surface area contributed by atoms with E-state index in [1.165, 1.54) is 18.2 Å². The van der Waals surface area contributed by atoms with E-state index < -0.39 is 22.5 Å². The summed E-state index contributed by atoms with van der Waals surface area (Å²) in [6.45, 7) is 3.15. The zero-order valence-corrected chi connectivity index (χ0v) is 21.3. The molecule has 4 rings (SSSR count). The first-order chi connectivity index (χ1) is 17.3. The van der Waals surface area contributed by atoms with Crippen LogP contribution in [-0.4, -0.2) is 58.0 Å². The van der Waals surface area contributed by atoms with E-state index in [0.717, 1.165) is 9.87 Å². The molecule has 10 heteroatoms. The van der Waals surface area contributed by atoms with Gasteiger partial charge < -0.3 is 15.0 Å². The Morgan fingerprint density at radius 1 is 1.00 bits per heavy atom. The number of carbonyl (C=O) groups excluding carboxylic acids is 2. The average Bonchev–Trinajstić information content (AvgIpc) is 2.88. The van der Waals surface area contributed by atoms with Crippen molar-refractivity contribution in [2.75, 3.05) is 42.5 Å². The van der Waals surface area contributed by atoms with E-state index in [2.05, 4.69) is 5.32 Å². The molecule has 1 aliphatic heterocycles. The second-order valence-corrected chi connectivity index (χ2v) is 10.6. The van der Waals surface area contributed by atoms with Crippen LogP contribution in [0.15, 0.2) is 77.7 Å². The summed E-state index contributed by atoms with van der Waals surface area (Å²) in [6, 6.07) is 19.3. The highest BCUT2D eigenvalue weighted by Gasteiger charge is 2.28. The first kappa shape index (κ1) is 25.7. The summed E-state index contributed by atoms with van der Waals surface area (Å²) in [7, 11) is -4.09. The van der Waals surface area contributed by atoms with Gasteiger partial charge >= 0.3 is 0 Å². The zero-order valence-electron chi connectivity index (χ0n) is 19.7. The molecule has 1 fully saturated rings. The number of rotatable bonds is 7. The van der Waals surface area contributed by atoms with E-state index in [0.29, 0.717) is 42.6 Å². The van der Waals surface area contributed by atoms with Crippen molar-refractivity contribution in [2.24, 2.45) is 0 Å². The van der Waals surface area contributed by atoms with Gasteiger partial charge in [0.05, 0.1) is 35.0 Å². The predicted molar refractivity (Wildman–Crippen MR) is 139 cm³/mol. The van der Waals surface area contributed by atoms with E-state index in [1.807, 2.05) is 6.92 Å². The second-order valence-electron chi connectivity index (χ2n) is 8.30. The molecular formula is C26H26ClN3O5S. The Kier molecular flexibility index (Phi) is 7.93. The minimum absolute atomic E-state index is 0.0452. The number of sulfonamides is 1. The standard InChI is InChI=1S/C26H26ClN3O5S/c1-19-9-11-22(12-10-19)36(33,34)30(21-6-4-5-20(27)17-21)18-25(31)28-24-8-3-2-7-23(24)26(32)29-13-15-35-16-14-29/h2-12,17H,13-16,18H2,1H3,(H,28,31). The third-order valence-corrected chi connectivity index (χ3v) is 7.75. The van der Waals surface area contributed by atoms with Crippen molar-refractivity contribution in [1.29, 1.82) is 0 Å². The number of halogens is 1. The van der Waals surface area contributed by atoms with Crippen molar-refractivity contribution in [3.63, 3.8) is 0 Å². The smallest absolute Gasteiger partial charge is 0.264 e. The topological polar surface area (TPSA) is 96.0 Å². The van der Waals surface area contributed by atoms with Crippen molar-refractivity contribution in [1.82, 2.24) is 4.90 Å². The van der Waals surface area contributed by atoms with Gasteiger partial charge in [0.15, 0.2) is 0 Å². The summed E-state index contributed by atoms with van der Waals surface area (Å²) < 4.78 is 33.4. The Bertz CT molecular complexity index is 1360. The summed E-state index contributed by atoms with van der Waals surface area (Å²) in [5, 5.41) is 3.05. The van der Waals surface area contributed by atoms with Crippen LogP contribution in [0.2, 0.25) is 5.02 Å². The number of benzene rings is 3. The molecule has 0 saturated carbocycles. The fourth-order valence-corrected chi connectivity index (χ4v) is 5.42. The Morgan fingerprint density at radius 3 is 2.39 bits per heavy atom. The molecule has 188 valence electrons. The maximum Gasteiger partial charge on any atom is 0.264 e. The molecule has 3 aromatic rings. The predicted octanol–water partition coefficient (Wildman–Crippen LogP) is 3.95. The van der Waals surface area contributed by atoms with Gasteiger partial charge in [0.2, 0.25) is 5.91 Å². The number of nitrogens with one attached hydrogen (secondary N) is 1. The van der Waals surface area contributed by atoms with E-state index >= 15 is 0 Å². The lowest BCUT2D eigenvalue weighted by atomic mass is 10.1. The van der Waals surface area contributed by atoms with Gasteiger partial charge in [-0.1, -0.05) is 47.5 Å². The lowest BCUT2D eigenvalue weighted by molar-refractivity contribution is -0.114. The summed E-state index contributed by atoms with van der Waals surface area (Å²) in [5.41, 5.74) is 1.78. The highest BCUT2D eigenvalue weighted by Crippen LogP contribution is 2.27. The first-order valence-electron chi connectivity index (χ1n) is 11.4. The second kappa shape index (κ2) is 11.1. The minimum Gasteiger partial charge on any atom is -0.378 e. The quantitative estimate of drug-likeness (QED) is 0.502. The molecule has 0 aliphatic carbocycles. The number of ether oxygens (including phenoxy) is 1. The van der Waals surface area contributed by atoms with E-state index in [4.69, 9.17) is 16.3 Å². The normalized spacial score (nSPS) is 13.8. The number of amides is 2. The Balaban J connectivity index is 1.61. The molecular weight excluding hydrogens is 502 g/mol. The molecule has 0 spiro atoms. The van der Waals surface area contributed by atoms with Crippen LogP contribution < -0.4 is 9.62 Å². The van der Waals surface area contributed by atoms with Gasteiger partial charge in [0, 0.05) is 18.1 Å². The fraction of sp³-hybridized carbons (Fsp3) is 0.231. The van der Waals surface area contributed by atoms with Crippen molar-refractivity contribution < 1.29 is 22.7 Å². The average molecular weight is 528 g/mol. The molecule has 0 bridgehead atoms. The van der Waals surface area contributed by atoms with Crippen LogP contribution in [-0.2, 0) is 19.6 Å². The van der Waals surface area contributed by atoms with Crippen LogP contribution in [0, 0.1) is 6.92 Å². The highest BCUT2D eigenvalue weighted by atomic mass is 35.5. The van der Waals surface area contributed by atoms with Crippen LogP contribution in [0.5, 0.6) is 0 Å². The maximum atomic E-state index is 13.6. The monoisotopic (exact) mass is 527 g/mol. The number of morpholine rings is 1. The molecule has 1 N–H and O–H groups in total. The Morgan fingerprint density at radius 2 is 1.69 bits per heavy atom. The first-order valence-corrected chi connectivity index (χ1v) is 13.2.